The molecular formula is C58H70N8O12. The Morgan fingerprint density at radius 3 is 1.78 bits per heavy atom. The first-order valence-electron chi connectivity index (χ1n) is 25.9. The highest BCUT2D eigenvalue weighted by molar-refractivity contribution is 5.96. The van der Waals surface area contributed by atoms with Crippen LogP contribution in [0.15, 0.2) is 134 Å². The molecule has 414 valence electrons. The molecule has 20 nitrogen and oxygen atoms in total. The maximum Gasteiger partial charge on any atom is 0.408 e. The molecule has 1 aromatic heterocycles. The summed E-state index contributed by atoms with van der Waals surface area (Å²) in [4.78, 5) is 110. The lowest BCUT2D eigenvalue weighted by Crippen LogP contribution is -2.64. The maximum atomic E-state index is 15.1. The fourth-order valence-corrected chi connectivity index (χ4v) is 9.78. The zero-order chi connectivity index (χ0) is 56.0. The summed E-state index contributed by atoms with van der Waals surface area (Å²) in [5.41, 5.74) is 2.26. The van der Waals surface area contributed by atoms with Gasteiger partial charge in [0.05, 0.1) is 44.4 Å². The number of amides is 6. The van der Waals surface area contributed by atoms with Crippen molar-refractivity contribution in [2.75, 3.05) is 80.3 Å². The van der Waals surface area contributed by atoms with Crippen molar-refractivity contribution in [3.8, 4) is 0 Å². The molecule has 6 amide bonds. The summed E-state index contributed by atoms with van der Waals surface area (Å²) in [5, 5.41) is 2.64. The van der Waals surface area contributed by atoms with Crippen molar-refractivity contribution in [2.45, 2.75) is 76.3 Å². The Balaban J connectivity index is 1.22. The van der Waals surface area contributed by atoms with E-state index in [0.29, 0.717) is 5.69 Å². The number of benzene rings is 4. The first-order chi connectivity index (χ1) is 37.5. The van der Waals surface area contributed by atoms with E-state index in [1.54, 1.807) is 58.3 Å². The number of hydrogen-bond acceptors (Lipinski definition) is 13. The number of imidazole rings is 1. The maximum absolute atomic E-state index is 15.1. The monoisotopic (exact) mass is 1070 g/mol. The highest BCUT2D eigenvalue weighted by Gasteiger charge is 2.44. The Morgan fingerprint density at radius 2 is 1.24 bits per heavy atom. The number of rotatable bonds is 22. The van der Waals surface area contributed by atoms with Crippen LogP contribution in [0.1, 0.15) is 55.6 Å². The second kappa shape index (κ2) is 26.4. The summed E-state index contributed by atoms with van der Waals surface area (Å²) in [6.07, 6.45) is 1.53. The third-order valence-corrected chi connectivity index (χ3v) is 13.9. The number of ether oxygens (including phenoxy) is 5. The highest BCUT2D eigenvalue weighted by Crippen LogP contribution is 2.41. The van der Waals surface area contributed by atoms with Gasteiger partial charge in [-0.25, -0.2) is 9.78 Å². The van der Waals surface area contributed by atoms with Crippen LogP contribution in [-0.4, -0.2) is 186 Å². The van der Waals surface area contributed by atoms with Crippen molar-refractivity contribution in [3.63, 3.8) is 0 Å². The van der Waals surface area contributed by atoms with Crippen molar-refractivity contribution in [1.29, 1.82) is 0 Å². The lowest BCUT2D eigenvalue weighted by Gasteiger charge is -2.43. The fourth-order valence-electron chi connectivity index (χ4n) is 9.78. The van der Waals surface area contributed by atoms with Gasteiger partial charge in [-0.05, 0) is 49.9 Å². The van der Waals surface area contributed by atoms with Crippen molar-refractivity contribution in [1.82, 2.24) is 39.4 Å². The van der Waals surface area contributed by atoms with E-state index in [-0.39, 0.29) is 58.9 Å². The largest absolute Gasteiger partial charge is 0.468 e. The summed E-state index contributed by atoms with van der Waals surface area (Å²) in [7, 11) is 3.99. The quantitative estimate of drug-likeness (QED) is 0.0589. The van der Waals surface area contributed by atoms with Crippen LogP contribution in [0.3, 0.4) is 0 Å². The summed E-state index contributed by atoms with van der Waals surface area (Å²) >= 11 is 0. The topological polar surface area (TPSA) is 212 Å². The van der Waals surface area contributed by atoms with E-state index in [1.807, 2.05) is 108 Å². The Morgan fingerprint density at radius 1 is 0.705 bits per heavy atom. The molecule has 0 radical (unpaired) electrons. The predicted molar refractivity (Wildman–Crippen MR) is 286 cm³/mol. The predicted octanol–water partition coefficient (Wildman–Crippen LogP) is 4.10. The van der Waals surface area contributed by atoms with E-state index in [9.17, 15) is 24.0 Å². The summed E-state index contributed by atoms with van der Waals surface area (Å²) in [6, 6.07) is 35.4. The second-order valence-electron chi connectivity index (χ2n) is 20.0. The van der Waals surface area contributed by atoms with Gasteiger partial charge in [0.25, 0.3) is 0 Å². The minimum Gasteiger partial charge on any atom is -0.468 e. The zero-order valence-corrected chi connectivity index (χ0v) is 45.3. The molecule has 0 unspecified atom stereocenters. The van der Waals surface area contributed by atoms with E-state index in [1.165, 1.54) is 45.8 Å². The molecule has 20 heteroatoms. The molecule has 78 heavy (non-hydrogen) atoms. The lowest BCUT2D eigenvalue weighted by molar-refractivity contribution is -0.161. The number of alkyl carbamates (subject to hydrolysis) is 1. The normalized spacial score (nSPS) is 16.5. The van der Waals surface area contributed by atoms with Gasteiger partial charge in [-0.1, -0.05) is 121 Å². The smallest absolute Gasteiger partial charge is 0.408 e. The molecule has 2 aliphatic heterocycles. The van der Waals surface area contributed by atoms with Gasteiger partial charge >= 0.3 is 12.1 Å². The zero-order valence-electron chi connectivity index (χ0n) is 45.3. The van der Waals surface area contributed by atoms with Crippen LogP contribution in [0.25, 0.3) is 0 Å². The molecule has 0 saturated carbocycles. The van der Waals surface area contributed by atoms with E-state index >= 15 is 9.59 Å². The molecule has 2 aliphatic rings. The van der Waals surface area contributed by atoms with Gasteiger partial charge in [0.15, 0.2) is 6.29 Å². The number of hydrogen-bond donors (Lipinski definition) is 1. The Bertz CT molecular complexity index is 2730. The molecule has 3 heterocycles. The molecule has 2 saturated heterocycles. The number of piperazine rings is 2. The third-order valence-electron chi connectivity index (χ3n) is 13.9. The molecule has 0 bridgehead atoms. The standard InChI is InChI=1S/C58H70N8O12/c1-41-53(70)62(36-51(69)74-5)28-30-65(41)49(67)34-61-29-31-66(50(68)35-63(37-52(75-6)76-7)54(71)47(39-78-57(2,3)4)60-56(73)77-38-42-20-12-8-13-21-42)48(55(61)72)32-46-33-64(40-59-46)58(43-22-14-9-15-23-43,44-24-16-10-17-25-44)45-26-18-11-19-27-45/h8-27,33,40-41,47-48,52H,28-32,34-39H2,1-7H3,(H,60,73)/t41-,47-,48-/m0/s1. The third kappa shape index (κ3) is 14.0. The Kier molecular flexibility index (Phi) is 19.6. The van der Waals surface area contributed by atoms with Crippen LogP contribution in [0.4, 0.5) is 4.79 Å². The average Bonchev–Trinajstić information content (AvgIpc) is 4.10. The van der Waals surface area contributed by atoms with Gasteiger partial charge in [0.2, 0.25) is 29.5 Å². The van der Waals surface area contributed by atoms with E-state index < -0.39 is 90.2 Å². The van der Waals surface area contributed by atoms with E-state index in [2.05, 4.69) is 5.32 Å². The van der Waals surface area contributed by atoms with E-state index in [0.717, 1.165) is 22.3 Å². The first kappa shape index (κ1) is 57.8. The van der Waals surface area contributed by atoms with Crippen LogP contribution >= 0.6 is 0 Å². The second-order valence-corrected chi connectivity index (χ2v) is 20.0. The van der Waals surface area contributed by atoms with Crippen molar-refractivity contribution < 1.29 is 57.2 Å². The number of esters is 1. The molecule has 0 aliphatic carbocycles. The molecular weight excluding hydrogens is 1000 g/mol. The molecule has 7 rings (SSSR count). The van der Waals surface area contributed by atoms with Gasteiger partial charge in [0.1, 0.15) is 43.4 Å². The van der Waals surface area contributed by atoms with Gasteiger partial charge in [0, 0.05) is 53.0 Å². The summed E-state index contributed by atoms with van der Waals surface area (Å²) in [6.45, 7) is 5.09. The van der Waals surface area contributed by atoms with Gasteiger partial charge < -0.3 is 58.1 Å². The van der Waals surface area contributed by atoms with Crippen molar-refractivity contribution in [2.24, 2.45) is 0 Å². The highest BCUT2D eigenvalue weighted by atomic mass is 16.7. The lowest BCUT2D eigenvalue weighted by atomic mass is 9.77. The molecule has 0 spiro atoms. The number of methoxy groups -OCH3 is 3. The number of nitrogens with one attached hydrogen (secondary N) is 1. The SMILES string of the molecule is COC(=O)CN1CCN(C(=O)CN2CCN(C(=O)CN(CC(OC)OC)C(=O)[C@H](COC(C)(C)C)NC(=O)OCc3ccccc3)[C@@H](Cc3cn(C(c4ccccc4)(c4ccccc4)c4ccccc4)cn3)C2=O)[C@@H](C)C1=O. The minimum absolute atomic E-state index is 0.0623. The molecule has 4 aromatic carbocycles. The van der Waals surface area contributed by atoms with Crippen molar-refractivity contribution >= 4 is 41.6 Å². The summed E-state index contributed by atoms with van der Waals surface area (Å²) in [5.74, 6) is -3.45. The number of nitrogens with zero attached hydrogens (tertiary/aromatic N) is 7. The van der Waals surface area contributed by atoms with Gasteiger partial charge in [-0.15, -0.1) is 0 Å². The molecule has 1 N–H and O–H groups in total. The van der Waals surface area contributed by atoms with Crippen LogP contribution in [0.2, 0.25) is 0 Å². The van der Waals surface area contributed by atoms with Crippen molar-refractivity contribution in [3.05, 3.63) is 162 Å². The summed E-state index contributed by atoms with van der Waals surface area (Å²) < 4.78 is 29.3. The number of carbonyl (C=O) groups is 7. The van der Waals surface area contributed by atoms with Crippen LogP contribution in [-0.2, 0) is 71.0 Å². The Hall–Kier alpha value is -7.94. The Labute approximate surface area is 455 Å². The minimum atomic E-state index is -1.35. The fraction of sp³-hybridized carbons (Fsp3) is 0.414. The van der Waals surface area contributed by atoms with Gasteiger partial charge in [-0.2, -0.15) is 0 Å². The average molecular weight is 1070 g/mol. The molecule has 5 aromatic rings. The molecule has 3 atom stereocenters. The molecule has 2 fully saturated rings. The number of aromatic nitrogens is 2. The van der Waals surface area contributed by atoms with E-state index in [4.69, 9.17) is 28.7 Å². The van der Waals surface area contributed by atoms with Gasteiger partial charge in [-0.3, -0.25) is 28.8 Å². The van der Waals surface area contributed by atoms with Crippen LogP contribution in [0, 0.1) is 0 Å². The van der Waals surface area contributed by atoms with Crippen LogP contribution < -0.4 is 5.32 Å². The first-order valence-corrected chi connectivity index (χ1v) is 25.9. The number of carbonyl (C=O) groups excluding carboxylic acids is 7. The van der Waals surface area contributed by atoms with Crippen LogP contribution in [0.5, 0.6) is 0 Å².